The number of alkyl halides is 1. The number of halogens is 3. The summed E-state index contributed by atoms with van der Waals surface area (Å²) in [5.74, 6) is -0.0303. The van der Waals surface area contributed by atoms with Crippen molar-refractivity contribution in [3.05, 3.63) is 28.5 Å². The van der Waals surface area contributed by atoms with Crippen LogP contribution in [0.5, 0.6) is 5.75 Å². The van der Waals surface area contributed by atoms with Crippen LogP contribution in [0, 0.1) is 11.2 Å². The van der Waals surface area contributed by atoms with Gasteiger partial charge in [0.25, 0.3) is 0 Å². The molecule has 0 spiro atoms. The van der Waals surface area contributed by atoms with Crippen molar-refractivity contribution >= 4 is 27.5 Å². The van der Waals surface area contributed by atoms with Crippen LogP contribution in [0.25, 0.3) is 0 Å². The molecule has 0 N–H and O–H groups in total. The van der Waals surface area contributed by atoms with E-state index in [1.54, 1.807) is 12.1 Å². The van der Waals surface area contributed by atoms with Crippen LogP contribution in [-0.4, -0.2) is 11.5 Å². The van der Waals surface area contributed by atoms with Crippen LogP contribution in [-0.2, 0) is 0 Å². The van der Waals surface area contributed by atoms with Crippen LogP contribution in [0.3, 0.4) is 0 Å². The van der Waals surface area contributed by atoms with Crippen molar-refractivity contribution in [3.8, 4) is 5.75 Å². The van der Waals surface area contributed by atoms with Gasteiger partial charge in [0, 0.05) is 21.7 Å². The molecule has 1 aromatic carbocycles. The Hall–Kier alpha value is -0.280. The molecule has 17 heavy (non-hydrogen) atoms. The molecule has 1 aliphatic rings. The van der Waals surface area contributed by atoms with Crippen LogP contribution in [0.4, 0.5) is 4.39 Å². The van der Waals surface area contributed by atoms with Crippen molar-refractivity contribution in [2.24, 2.45) is 5.41 Å². The van der Waals surface area contributed by atoms with E-state index in [2.05, 4.69) is 29.8 Å². The molecular formula is C13H15BrClFO. The van der Waals surface area contributed by atoms with E-state index < -0.39 is 0 Å². The van der Waals surface area contributed by atoms with Gasteiger partial charge in [0.2, 0.25) is 0 Å². The Bertz CT molecular complexity index is 426. The zero-order chi connectivity index (χ0) is 12.6. The largest absolute Gasteiger partial charge is 0.487 e. The maximum Gasteiger partial charge on any atom is 0.166 e. The Kier molecular flexibility index (Phi) is 3.69. The Labute approximate surface area is 114 Å². The fourth-order valence-corrected chi connectivity index (χ4v) is 2.91. The summed E-state index contributed by atoms with van der Waals surface area (Å²) in [6.07, 6.45) is 1.72. The van der Waals surface area contributed by atoms with Gasteiger partial charge < -0.3 is 4.74 Å². The smallest absolute Gasteiger partial charge is 0.166 e. The average Bonchev–Trinajstić information content (AvgIpc) is 2.30. The lowest BCUT2D eigenvalue weighted by molar-refractivity contribution is -0.0315. The molecular weight excluding hydrogens is 306 g/mol. The summed E-state index contributed by atoms with van der Waals surface area (Å²) in [5, 5.41) is 0.121. The zero-order valence-corrected chi connectivity index (χ0v) is 12.2. The molecule has 4 heteroatoms. The third kappa shape index (κ3) is 2.32. The predicted molar refractivity (Wildman–Crippen MR) is 71.2 cm³/mol. The molecule has 1 nitrogen and oxygen atoms in total. The van der Waals surface area contributed by atoms with Crippen molar-refractivity contribution in [1.82, 2.24) is 0 Å². The van der Waals surface area contributed by atoms with Gasteiger partial charge in [-0.3, -0.25) is 0 Å². The number of hydrogen-bond donors (Lipinski definition) is 0. The van der Waals surface area contributed by atoms with E-state index in [0.29, 0.717) is 10.2 Å². The first kappa shape index (κ1) is 13.2. The zero-order valence-electron chi connectivity index (χ0n) is 9.84. The van der Waals surface area contributed by atoms with E-state index in [1.807, 2.05) is 0 Å². The first-order valence-electron chi connectivity index (χ1n) is 5.73. The molecule has 1 saturated carbocycles. The van der Waals surface area contributed by atoms with Crippen LogP contribution in [0.1, 0.15) is 26.7 Å². The lowest BCUT2D eigenvalue weighted by Crippen LogP contribution is -2.55. The van der Waals surface area contributed by atoms with E-state index in [9.17, 15) is 4.39 Å². The second-order valence-corrected chi connectivity index (χ2v) is 6.19. The van der Waals surface area contributed by atoms with Crippen LogP contribution in [0.15, 0.2) is 22.7 Å². The molecule has 0 aromatic heterocycles. The fraction of sp³-hybridized carbons (Fsp3) is 0.538. The van der Waals surface area contributed by atoms with Gasteiger partial charge in [-0.15, -0.1) is 11.6 Å². The third-order valence-electron chi connectivity index (χ3n) is 3.80. The van der Waals surface area contributed by atoms with Crippen LogP contribution < -0.4 is 4.74 Å². The monoisotopic (exact) mass is 320 g/mol. The van der Waals surface area contributed by atoms with Crippen molar-refractivity contribution in [2.75, 3.05) is 0 Å². The summed E-state index contributed by atoms with van der Waals surface area (Å²) in [5.41, 5.74) is -0.0545. The van der Waals surface area contributed by atoms with Gasteiger partial charge in [0.05, 0.1) is 0 Å². The minimum absolute atomic E-state index is 0.00526. The van der Waals surface area contributed by atoms with Gasteiger partial charge >= 0.3 is 0 Å². The molecule has 1 fully saturated rings. The van der Waals surface area contributed by atoms with Gasteiger partial charge in [0.15, 0.2) is 11.6 Å². The van der Waals surface area contributed by atoms with Gasteiger partial charge in [-0.05, 0) is 24.6 Å². The highest BCUT2D eigenvalue weighted by Gasteiger charge is 2.51. The second kappa shape index (κ2) is 4.77. The summed E-state index contributed by atoms with van der Waals surface area (Å²) in [6.45, 7) is 4.18. The van der Waals surface area contributed by atoms with Crippen molar-refractivity contribution in [3.63, 3.8) is 0 Å². The standard InChI is InChI=1S/C13H15BrClFO/c1-3-13(2)11(15)7-12(13)17-10-5-4-8(14)6-9(10)16/h4-6,11-12H,3,7H2,1-2H3. The average molecular weight is 322 g/mol. The first-order chi connectivity index (χ1) is 7.97. The first-order valence-corrected chi connectivity index (χ1v) is 6.96. The van der Waals surface area contributed by atoms with E-state index >= 15 is 0 Å². The van der Waals surface area contributed by atoms with E-state index in [4.69, 9.17) is 16.3 Å². The predicted octanol–water partition coefficient (Wildman–Crippen LogP) is 4.76. The van der Waals surface area contributed by atoms with Crippen LogP contribution >= 0.6 is 27.5 Å². The SMILES string of the molecule is CCC1(C)C(Cl)CC1Oc1ccc(Br)cc1F. The Morgan fingerprint density at radius 1 is 1.59 bits per heavy atom. The molecule has 0 saturated heterocycles. The lowest BCUT2D eigenvalue weighted by atomic mass is 9.65. The summed E-state index contributed by atoms with van der Waals surface area (Å²) in [7, 11) is 0. The van der Waals surface area contributed by atoms with Crippen molar-refractivity contribution in [2.45, 2.75) is 38.2 Å². The molecule has 1 aliphatic carbocycles. The van der Waals surface area contributed by atoms with E-state index in [-0.39, 0.29) is 22.7 Å². The maximum atomic E-state index is 13.6. The second-order valence-electron chi connectivity index (χ2n) is 4.74. The third-order valence-corrected chi connectivity index (χ3v) is 4.97. The van der Waals surface area contributed by atoms with E-state index in [0.717, 1.165) is 12.8 Å². The van der Waals surface area contributed by atoms with E-state index in [1.165, 1.54) is 6.07 Å². The molecule has 0 heterocycles. The Balaban J connectivity index is 2.12. The minimum Gasteiger partial charge on any atom is -0.487 e. The summed E-state index contributed by atoms with van der Waals surface area (Å²) < 4.78 is 20.1. The van der Waals surface area contributed by atoms with Crippen molar-refractivity contribution < 1.29 is 9.13 Å². The molecule has 0 radical (unpaired) electrons. The highest BCUT2D eigenvalue weighted by molar-refractivity contribution is 9.10. The maximum absolute atomic E-state index is 13.6. The topological polar surface area (TPSA) is 9.23 Å². The summed E-state index contributed by atoms with van der Waals surface area (Å²) in [6, 6.07) is 4.84. The van der Waals surface area contributed by atoms with Gasteiger partial charge in [-0.25, -0.2) is 4.39 Å². The van der Waals surface area contributed by atoms with Crippen LogP contribution in [0.2, 0.25) is 0 Å². The molecule has 3 unspecified atom stereocenters. The summed E-state index contributed by atoms with van der Waals surface area (Å²) in [4.78, 5) is 0. The fourth-order valence-electron chi connectivity index (χ4n) is 2.12. The molecule has 1 aromatic rings. The molecule has 0 amide bonds. The highest BCUT2D eigenvalue weighted by atomic mass is 79.9. The lowest BCUT2D eigenvalue weighted by Gasteiger charge is -2.50. The van der Waals surface area contributed by atoms with Gasteiger partial charge in [0.1, 0.15) is 6.10 Å². The Morgan fingerprint density at radius 3 is 2.82 bits per heavy atom. The number of rotatable bonds is 3. The molecule has 3 atom stereocenters. The minimum atomic E-state index is -0.337. The summed E-state index contributed by atoms with van der Waals surface area (Å²) >= 11 is 9.42. The normalized spacial score (nSPS) is 32.1. The number of hydrogen-bond acceptors (Lipinski definition) is 1. The molecule has 94 valence electrons. The molecule has 2 rings (SSSR count). The number of benzene rings is 1. The molecule has 0 aliphatic heterocycles. The van der Waals surface area contributed by atoms with Gasteiger partial charge in [-0.2, -0.15) is 0 Å². The van der Waals surface area contributed by atoms with Gasteiger partial charge in [-0.1, -0.05) is 29.8 Å². The van der Waals surface area contributed by atoms with Crippen molar-refractivity contribution in [1.29, 1.82) is 0 Å². The number of ether oxygens (including phenoxy) is 1. The Morgan fingerprint density at radius 2 is 2.29 bits per heavy atom. The quantitative estimate of drug-likeness (QED) is 0.729. The highest BCUT2D eigenvalue weighted by Crippen LogP contribution is 2.49. The molecule has 0 bridgehead atoms.